The van der Waals surface area contributed by atoms with Gasteiger partial charge in [0.25, 0.3) is 11.8 Å². The molecule has 26 heavy (non-hydrogen) atoms. The van der Waals surface area contributed by atoms with Gasteiger partial charge in [0.15, 0.2) is 0 Å². The minimum absolute atomic E-state index is 0.00381. The molecule has 7 nitrogen and oxygen atoms in total. The number of hydroxylamine groups is 2. The number of hydrogen-bond donors (Lipinski definition) is 1. The molecule has 7 heteroatoms. The van der Waals surface area contributed by atoms with Crippen LogP contribution in [-0.2, 0) is 9.63 Å². The van der Waals surface area contributed by atoms with E-state index in [2.05, 4.69) is 5.32 Å². The van der Waals surface area contributed by atoms with Crippen molar-refractivity contribution >= 4 is 23.7 Å². The van der Waals surface area contributed by atoms with Crippen molar-refractivity contribution in [1.29, 1.82) is 0 Å². The first-order chi connectivity index (χ1) is 12.5. The van der Waals surface area contributed by atoms with Crippen LogP contribution in [0.1, 0.15) is 55.5 Å². The minimum Gasteiger partial charge on any atom is -0.349 e. The third kappa shape index (κ3) is 2.63. The van der Waals surface area contributed by atoms with Gasteiger partial charge in [-0.1, -0.05) is 29.3 Å². The second-order valence-electron chi connectivity index (χ2n) is 6.11. The summed E-state index contributed by atoms with van der Waals surface area (Å²) in [5.41, 5.74) is 1.50. The van der Waals surface area contributed by atoms with Crippen molar-refractivity contribution in [1.82, 2.24) is 10.4 Å². The highest BCUT2D eigenvalue weighted by molar-refractivity contribution is 6.21. The molecular weight excluding hydrogens is 336 g/mol. The number of rotatable bonds is 3. The molecule has 4 rings (SSSR count). The van der Waals surface area contributed by atoms with Gasteiger partial charge in [0.05, 0.1) is 22.7 Å². The number of carbonyl (C=O) groups is 4. The Balaban J connectivity index is 1.48. The Morgan fingerprint density at radius 1 is 0.962 bits per heavy atom. The second kappa shape index (κ2) is 6.11. The highest BCUT2D eigenvalue weighted by atomic mass is 16.7. The van der Waals surface area contributed by atoms with Gasteiger partial charge in [-0.05, 0) is 36.2 Å². The largest absolute Gasteiger partial charge is 0.363 e. The SMILES string of the molecule is O=C1CCC(c2ccc(C(=O)ON3C(=O)c4ccccc4C3=O)cc2)N1. The monoisotopic (exact) mass is 350 g/mol. The number of carbonyl (C=O) groups excluding carboxylic acids is 4. The Hall–Kier alpha value is -3.48. The summed E-state index contributed by atoms with van der Waals surface area (Å²) in [5, 5.41) is 3.33. The summed E-state index contributed by atoms with van der Waals surface area (Å²) < 4.78 is 0. The van der Waals surface area contributed by atoms with Crippen molar-refractivity contribution in [2.45, 2.75) is 18.9 Å². The first-order valence-corrected chi connectivity index (χ1v) is 8.14. The number of fused-ring (bicyclic) bond motifs is 1. The number of amides is 3. The van der Waals surface area contributed by atoms with E-state index < -0.39 is 17.8 Å². The van der Waals surface area contributed by atoms with E-state index in [1.165, 1.54) is 12.1 Å². The number of nitrogens with zero attached hydrogens (tertiary/aromatic N) is 1. The smallest absolute Gasteiger partial charge is 0.349 e. The molecule has 2 heterocycles. The zero-order chi connectivity index (χ0) is 18.3. The molecule has 1 unspecified atom stereocenters. The highest BCUT2D eigenvalue weighted by Crippen LogP contribution is 2.25. The van der Waals surface area contributed by atoms with Gasteiger partial charge in [-0.3, -0.25) is 14.4 Å². The van der Waals surface area contributed by atoms with E-state index in [9.17, 15) is 19.2 Å². The zero-order valence-electron chi connectivity index (χ0n) is 13.6. The fourth-order valence-electron chi connectivity index (χ4n) is 3.10. The topological polar surface area (TPSA) is 92.8 Å². The van der Waals surface area contributed by atoms with Crippen molar-refractivity contribution in [3.8, 4) is 0 Å². The molecule has 1 saturated heterocycles. The molecule has 1 atom stereocenters. The van der Waals surface area contributed by atoms with Crippen LogP contribution >= 0.6 is 0 Å². The van der Waals surface area contributed by atoms with Gasteiger partial charge in [-0.25, -0.2) is 4.79 Å². The molecule has 1 fully saturated rings. The highest BCUT2D eigenvalue weighted by Gasteiger charge is 2.38. The van der Waals surface area contributed by atoms with E-state index in [4.69, 9.17) is 4.84 Å². The van der Waals surface area contributed by atoms with E-state index in [0.717, 1.165) is 5.56 Å². The molecule has 0 aromatic heterocycles. The van der Waals surface area contributed by atoms with Crippen molar-refractivity contribution in [2.24, 2.45) is 0 Å². The van der Waals surface area contributed by atoms with Crippen molar-refractivity contribution in [3.05, 3.63) is 70.8 Å². The van der Waals surface area contributed by atoms with Crippen molar-refractivity contribution in [2.75, 3.05) is 0 Å². The maximum Gasteiger partial charge on any atom is 0.363 e. The van der Waals surface area contributed by atoms with Gasteiger partial charge in [0, 0.05) is 6.42 Å². The van der Waals surface area contributed by atoms with Crippen LogP contribution in [0.15, 0.2) is 48.5 Å². The molecule has 0 bridgehead atoms. The fourth-order valence-corrected chi connectivity index (χ4v) is 3.10. The number of imide groups is 1. The molecule has 2 aliphatic heterocycles. The lowest BCUT2D eigenvalue weighted by Gasteiger charge is -2.14. The molecule has 0 spiro atoms. The molecule has 130 valence electrons. The van der Waals surface area contributed by atoms with Gasteiger partial charge in [-0.15, -0.1) is 0 Å². The van der Waals surface area contributed by atoms with Gasteiger partial charge in [0.1, 0.15) is 0 Å². The Bertz CT molecular complexity index is 900. The summed E-state index contributed by atoms with van der Waals surface area (Å²) in [5.74, 6) is -2.13. The van der Waals surface area contributed by atoms with Crippen LogP contribution in [0.3, 0.4) is 0 Å². The Labute approximate surface area is 148 Å². The molecule has 2 aromatic rings. The van der Waals surface area contributed by atoms with Crippen LogP contribution in [0.25, 0.3) is 0 Å². The third-order valence-corrected chi connectivity index (χ3v) is 4.48. The normalized spacial score (nSPS) is 18.7. The molecule has 2 aliphatic rings. The summed E-state index contributed by atoms with van der Waals surface area (Å²) in [6.45, 7) is 0. The third-order valence-electron chi connectivity index (χ3n) is 4.48. The summed E-state index contributed by atoms with van der Waals surface area (Å²) in [6.07, 6.45) is 1.19. The maximum atomic E-state index is 12.3. The first kappa shape index (κ1) is 16.0. The Morgan fingerprint density at radius 3 is 2.12 bits per heavy atom. The van der Waals surface area contributed by atoms with E-state index >= 15 is 0 Å². The van der Waals surface area contributed by atoms with Gasteiger partial charge >= 0.3 is 5.97 Å². The lowest BCUT2D eigenvalue weighted by Crippen LogP contribution is -2.32. The van der Waals surface area contributed by atoms with Crippen LogP contribution in [0.5, 0.6) is 0 Å². The average Bonchev–Trinajstić information content (AvgIpc) is 3.20. The van der Waals surface area contributed by atoms with Crippen LogP contribution in [0.2, 0.25) is 0 Å². The zero-order valence-corrected chi connectivity index (χ0v) is 13.6. The lowest BCUT2D eigenvalue weighted by molar-refractivity contribution is -0.119. The molecule has 1 N–H and O–H groups in total. The van der Waals surface area contributed by atoms with Gasteiger partial charge < -0.3 is 10.2 Å². The molecule has 0 radical (unpaired) electrons. The number of nitrogens with one attached hydrogen (secondary N) is 1. The summed E-state index contributed by atoms with van der Waals surface area (Å²) >= 11 is 0. The molecule has 2 aromatic carbocycles. The fraction of sp³-hybridized carbons (Fsp3) is 0.158. The predicted molar refractivity (Wildman–Crippen MR) is 88.9 cm³/mol. The van der Waals surface area contributed by atoms with Crippen LogP contribution in [-0.4, -0.2) is 28.8 Å². The maximum absolute atomic E-state index is 12.3. The minimum atomic E-state index is -0.804. The first-order valence-electron chi connectivity index (χ1n) is 8.14. The standard InChI is InChI=1S/C19H14N2O5/c22-16-10-9-15(20-16)11-5-7-12(8-6-11)19(25)26-21-17(23)13-3-1-2-4-14(13)18(21)24/h1-8,15H,9-10H2,(H,20,22). The average molecular weight is 350 g/mol. The second-order valence-corrected chi connectivity index (χ2v) is 6.11. The van der Waals surface area contributed by atoms with Crippen LogP contribution in [0, 0.1) is 0 Å². The van der Waals surface area contributed by atoms with Gasteiger partial charge in [0.2, 0.25) is 5.91 Å². The molecule has 3 amide bonds. The Morgan fingerprint density at radius 2 is 1.58 bits per heavy atom. The van der Waals surface area contributed by atoms with E-state index in [1.807, 2.05) is 0 Å². The number of hydrogen-bond acceptors (Lipinski definition) is 5. The number of benzene rings is 2. The van der Waals surface area contributed by atoms with E-state index in [0.29, 0.717) is 17.9 Å². The lowest BCUT2D eigenvalue weighted by atomic mass is 10.0. The summed E-state index contributed by atoms with van der Waals surface area (Å²) in [7, 11) is 0. The van der Waals surface area contributed by atoms with Crippen LogP contribution in [0.4, 0.5) is 0 Å². The van der Waals surface area contributed by atoms with Crippen LogP contribution < -0.4 is 5.32 Å². The molecule has 0 saturated carbocycles. The van der Waals surface area contributed by atoms with E-state index in [-0.39, 0.29) is 28.6 Å². The van der Waals surface area contributed by atoms with Crippen molar-refractivity contribution < 1.29 is 24.0 Å². The van der Waals surface area contributed by atoms with Crippen molar-refractivity contribution in [3.63, 3.8) is 0 Å². The Kier molecular flexibility index (Phi) is 3.76. The predicted octanol–water partition coefficient (Wildman–Crippen LogP) is 2.01. The quantitative estimate of drug-likeness (QED) is 0.855. The molecule has 0 aliphatic carbocycles. The summed E-state index contributed by atoms with van der Waals surface area (Å²) in [4.78, 5) is 53.0. The summed E-state index contributed by atoms with van der Waals surface area (Å²) in [6, 6.07) is 12.7. The molecular formula is C19H14N2O5. The van der Waals surface area contributed by atoms with Gasteiger partial charge in [-0.2, -0.15) is 0 Å². The van der Waals surface area contributed by atoms with E-state index in [1.54, 1.807) is 36.4 Å².